The van der Waals surface area contributed by atoms with Gasteiger partial charge in [-0.1, -0.05) is 24.3 Å². The van der Waals surface area contributed by atoms with Gasteiger partial charge >= 0.3 is 0 Å². The van der Waals surface area contributed by atoms with Crippen molar-refractivity contribution in [2.45, 2.75) is 18.2 Å². The Morgan fingerprint density at radius 2 is 1.71 bits per heavy atom. The van der Waals surface area contributed by atoms with Crippen molar-refractivity contribution in [1.29, 1.82) is 0 Å². The first kappa shape index (κ1) is 21.3. The quantitative estimate of drug-likeness (QED) is 0.774. The molecule has 2 aliphatic heterocycles. The molecule has 1 atom stereocenters. The Morgan fingerprint density at radius 3 is 2.39 bits per heavy atom. The van der Waals surface area contributed by atoms with Crippen molar-refractivity contribution in [3.63, 3.8) is 0 Å². The fraction of sp³-hybridized carbons (Fsp3) is 0.364. The molecule has 1 N–H and O–H groups in total. The number of hydrogen-bond donors (Lipinski definition) is 1. The summed E-state index contributed by atoms with van der Waals surface area (Å²) in [4.78, 5) is 28.5. The Labute approximate surface area is 181 Å². The second kappa shape index (κ2) is 8.32. The second-order valence-electron chi connectivity index (χ2n) is 7.94. The Kier molecular flexibility index (Phi) is 5.72. The molecule has 2 fully saturated rings. The lowest BCUT2D eigenvalue weighted by molar-refractivity contribution is -0.136. The maximum atomic E-state index is 13.0. The van der Waals surface area contributed by atoms with Crippen LogP contribution in [0.2, 0.25) is 0 Å². The summed E-state index contributed by atoms with van der Waals surface area (Å²) in [6, 6.07) is 13.7. The standard InChI is InChI=1S/C22H25N3O5S/c1-16-7-8-19(26)20(13-16)31(29,30)24-11-9-23(10-12-24)22(28)17-14-21(27)25(15-17)18-5-3-2-4-6-18/h2-8,13,17,26H,9-12,14-15H2,1H3. The Balaban J connectivity index is 1.40. The van der Waals surface area contributed by atoms with Gasteiger partial charge in [-0.25, -0.2) is 8.42 Å². The minimum atomic E-state index is -3.85. The van der Waals surface area contributed by atoms with E-state index in [0.29, 0.717) is 6.54 Å². The average Bonchev–Trinajstić information content (AvgIpc) is 3.17. The van der Waals surface area contributed by atoms with Gasteiger partial charge in [-0.05, 0) is 36.8 Å². The van der Waals surface area contributed by atoms with Crippen LogP contribution in [0.5, 0.6) is 5.75 Å². The number of sulfonamides is 1. The SMILES string of the molecule is Cc1ccc(O)c(S(=O)(=O)N2CCN(C(=O)C3CC(=O)N(c4ccccc4)C3)CC2)c1. The topological polar surface area (TPSA) is 98.2 Å². The third-order valence-electron chi connectivity index (χ3n) is 5.83. The molecule has 164 valence electrons. The molecule has 2 heterocycles. The van der Waals surface area contributed by atoms with E-state index in [0.717, 1.165) is 11.3 Å². The van der Waals surface area contributed by atoms with Crippen molar-refractivity contribution < 1.29 is 23.1 Å². The van der Waals surface area contributed by atoms with Crippen LogP contribution in [0.1, 0.15) is 12.0 Å². The molecule has 4 rings (SSSR count). The van der Waals surface area contributed by atoms with Crippen LogP contribution >= 0.6 is 0 Å². The highest BCUT2D eigenvalue weighted by Gasteiger charge is 2.39. The summed E-state index contributed by atoms with van der Waals surface area (Å²) < 4.78 is 27.2. The number of nitrogens with zero attached hydrogens (tertiary/aromatic N) is 3. The number of aromatic hydroxyl groups is 1. The van der Waals surface area contributed by atoms with Gasteiger partial charge in [0.15, 0.2) is 0 Å². The van der Waals surface area contributed by atoms with Crippen LogP contribution in [0, 0.1) is 12.8 Å². The molecule has 2 amide bonds. The van der Waals surface area contributed by atoms with E-state index in [1.165, 1.54) is 16.4 Å². The normalized spacial score (nSPS) is 20.3. The molecule has 0 radical (unpaired) electrons. The maximum absolute atomic E-state index is 13.0. The summed E-state index contributed by atoms with van der Waals surface area (Å²) in [5, 5.41) is 10.0. The molecule has 8 nitrogen and oxygen atoms in total. The monoisotopic (exact) mass is 443 g/mol. The fourth-order valence-corrected chi connectivity index (χ4v) is 5.69. The van der Waals surface area contributed by atoms with E-state index >= 15 is 0 Å². The molecule has 2 aromatic rings. The van der Waals surface area contributed by atoms with E-state index < -0.39 is 15.9 Å². The Morgan fingerprint density at radius 1 is 1.03 bits per heavy atom. The maximum Gasteiger partial charge on any atom is 0.246 e. The zero-order valence-electron chi connectivity index (χ0n) is 17.3. The molecule has 9 heteroatoms. The minimum absolute atomic E-state index is 0.0827. The van der Waals surface area contributed by atoms with E-state index in [1.54, 1.807) is 22.8 Å². The molecule has 2 aromatic carbocycles. The first-order chi connectivity index (χ1) is 14.8. The van der Waals surface area contributed by atoms with Crippen molar-refractivity contribution >= 4 is 27.5 Å². The van der Waals surface area contributed by atoms with E-state index in [1.807, 2.05) is 30.3 Å². The number of phenols is 1. The number of aryl methyl sites for hydroxylation is 1. The highest BCUT2D eigenvalue weighted by Crippen LogP contribution is 2.29. The molecule has 0 bridgehead atoms. The molecule has 2 saturated heterocycles. The van der Waals surface area contributed by atoms with E-state index in [4.69, 9.17) is 0 Å². The van der Waals surface area contributed by atoms with Crippen molar-refractivity contribution in [1.82, 2.24) is 9.21 Å². The van der Waals surface area contributed by atoms with Gasteiger partial charge in [0, 0.05) is 44.8 Å². The average molecular weight is 444 g/mol. The number of phenolic OH excluding ortho intramolecular Hbond substituents is 1. The van der Waals surface area contributed by atoms with Gasteiger partial charge in [-0.15, -0.1) is 0 Å². The second-order valence-corrected chi connectivity index (χ2v) is 9.85. The lowest BCUT2D eigenvalue weighted by Crippen LogP contribution is -2.52. The molecule has 0 saturated carbocycles. The predicted octanol–water partition coefficient (Wildman–Crippen LogP) is 1.59. The number of piperazine rings is 1. The van der Waals surface area contributed by atoms with Crippen LogP contribution in [0.4, 0.5) is 5.69 Å². The molecule has 0 aromatic heterocycles. The van der Waals surface area contributed by atoms with E-state index in [-0.39, 0.29) is 55.1 Å². The van der Waals surface area contributed by atoms with Crippen LogP contribution in [0.25, 0.3) is 0 Å². The minimum Gasteiger partial charge on any atom is -0.507 e. The van der Waals surface area contributed by atoms with Crippen LogP contribution in [-0.2, 0) is 19.6 Å². The first-order valence-corrected chi connectivity index (χ1v) is 11.7. The van der Waals surface area contributed by atoms with E-state index in [2.05, 4.69) is 0 Å². The van der Waals surface area contributed by atoms with Crippen molar-refractivity contribution in [3.8, 4) is 5.75 Å². The zero-order chi connectivity index (χ0) is 22.2. The van der Waals surface area contributed by atoms with Gasteiger partial charge in [0.2, 0.25) is 21.8 Å². The first-order valence-electron chi connectivity index (χ1n) is 10.2. The molecular weight excluding hydrogens is 418 g/mol. The van der Waals surface area contributed by atoms with Crippen LogP contribution < -0.4 is 4.90 Å². The highest BCUT2D eigenvalue weighted by atomic mass is 32.2. The fourth-order valence-electron chi connectivity index (χ4n) is 4.10. The van der Waals surface area contributed by atoms with Gasteiger partial charge < -0.3 is 14.9 Å². The number of hydrogen-bond acceptors (Lipinski definition) is 5. The Hall–Kier alpha value is -2.91. The predicted molar refractivity (Wildman–Crippen MR) is 115 cm³/mol. The third kappa shape index (κ3) is 4.15. The summed E-state index contributed by atoms with van der Waals surface area (Å²) >= 11 is 0. The van der Waals surface area contributed by atoms with Crippen LogP contribution in [-0.4, -0.2) is 67.3 Å². The summed E-state index contributed by atoms with van der Waals surface area (Å²) in [7, 11) is -3.85. The molecule has 1 unspecified atom stereocenters. The number of para-hydroxylation sites is 1. The molecule has 31 heavy (non-hydrogen) atoms. The molecule has 0 spiro atoms. The van der Waals surface area contributed by atoms with Crippen molar-refractivity contribution in [3.05, 3.63) is 54.1 Å². The summed E-state index contributed by atoms with van der Waals surface area (Å²) in [6.07, 6.45) is 0.156. The van der Waals surface area contributed by atoms with Crippen LogP contribution in [0.15, 0.2) is 53.4 Å². The van der Waals surface area contributed by atoms with Crippen molar-refractivity contribution in [2.75, 3.05) is 37.6 Å². The number of rotatable bonds is 4. The van der Waals surface area contributed by atoms with Gasteiger partial charge in [0.05, 0.1) is 5.92 Å². The van der Waals surface area contributed by atoms with Crippen molar-refractivity contribution in [2.24, 2.45) is 5.92 Å². The lowest BCUT2D eigenvalue weighted by Gasteiger charge is -2.35. The van der Waals surface area contributed by atoms with Crippen LogP contribution in [0.3, 0.4) is 0 Å². The van der Waals surface area contributed by atoms with Gasteiger partial charge in [0.1, 0.15) is 10.6 Å². The smallest absolute Gasteiger partial charge is 0.246 e. The largest absolute Gasteiger partial charge is 0.507 e. The number of carbonyl (C=O) groups excluding carboxylic acids is 2. The van der Waals surface area contributed by atoms with Gasteiger partial charge in [0.25, 0.3) is 0 Å². The molecular formula is C22H25N3O5S. The highest BCUT2D eigenvalue weighted by molar-refractivity contribution is 7.89. The van der Waals surface area contributed by atoms with Gasteiger partial charge in [-0.2, -0.15) is 4.31 Å². The summed E-state index contributed by atoms with van der Waals surface area (Å²) in [6.45, 7) is 2.88. The van der Waals surface area contributed by atoms with Gasteiger partial charge in [-0.3, -0.25) is 9.59 Å². The summed E-state index contributed by atoms with van der Waals surface area (Å²) in [5.41, 5.74) is 1.51. The Bertz CT molecular complexity index is 1100. The lowest BCUT2D eigenvalue weighted by atomic mass is 10.1. The molecule has 2 aliphatic rings. The van der Waals surface area contributed by atoms with E-state index in [9.17, 15) is 23.1 Å². The zero-order valence-corrected chi connectivity index (χ0v) is 18.1. The number of carbonyl (C=O) groups is 2. The number of anilines is 1. The third-order valence-corrected chi connectivity index (χ3v) is 7.75. The number of benzene rings is 2. The number of amides is 2. The summed E-state index contributed by atoms with van der Waals surface area (Å²) in [5.74, 6) is -0.922. The molecule has 0 aliphatic carbocycles.